The van der Waals surface area contributed by atoms with Crippen LogP contribution in [0.4, 0.5) is 0 Å². The molecule has 0 saturated carbocycles. The molecule has 1 rings (SSSR count). The van der Waals surface area contributed by atoms with Crippen molar-refractivity contribution < 1.29 is 4.74 Å². The van der Waals surface area contributed by atoms with Crippen molar-refractivity contribution in [2.24, 2.45) is 5.73 Å². The monoisotopic (exact) mass is 313 g/mol. The summed E-state index contributed by atoms with van der Waals surface area (Å²) in [7, 11) is 5.83. The van der Waals surface area contributed by atoms with E-state index in [2.05, 4.69) is 37.7 Å². The van der Waals surface area contributed by atoms with Crippen LogP contribution in [0.2, 0.25) is 5.02 Å². The molecule has 1 aromatic rings. The average Bonchev–Trinajstić information content (AvgIpc) is 2.44. The van der Waals surface area contributed by atoms with Gasteiger partial charge in [0.2, 0.25) is 0 Å². The summed E-state index contributed by atoms with van der Waals surface area (Å²) in [4.78, 5) is 4.56. The maximum absolute atomic E-state index is 6.42. The number of benzene rings is 1. The van der Waals surface area contributed by atoms with Crippen LogP contribution in [-0.4, -0.2) is 56.7 Å². The minimum atomic E-state index is 0.0496. The lowest BCUT2D eigenvalue weighted by atomic mass is 10.0. The zero-order chi connectivity index (χ0) is 16.0. The Labute approximate surface area is 133 Å². The normalized spacial score (nSPS) is 14.5. The number of hydrogen-bond donors (Lipinski definition) is 1. The highest BCUT2D eigenvalue weighted by Crippen LogP contribution is 2.35. The third-order valence-corrected chi connectivity index (χ3v) is 4.08. The third-order valence-electron chi connectivity index (χ3n) is 3.75. The van der Waals surface area contributed by atoms with Gasteiger partial charge in [-0.1, -0.05) is 24.6 Å². The van der Waals surface area contributed by atoms with E-state index in [0.717, 1.165) is 24.4 Å². The summed E-state index contributed by atoms with van der Waals surface area (Å²) in [6.07, 6.45) is 0. The van der Waals surface area contributed by atoms with Crippen molar-refractivity contribution >= 4 is 11.6 Å². The van der Waals surface area contributed by atoms with E-state index in [1.165, 1.54) is 0 Å². The van der Waals surface area contributed by atoms with Crippen molar-refractivity contribution in [3.05, 3.63) is 28.8 Å². The predicted octanol–water partition coefficient (Wildman–Crippen LogP) is 2.62. The van der Waals surface area contributed by atoms with Crippen LogP contribution in [-0.2, 0) is 0 Å². The Bertz CT molecular complexity index is 440. The number of hydrogen-bond acceptors (Lipinski definition) is 4. The molecule has 0 spiro atoms. The molecule has 0 radical (unpaired) electrons. The summed E-state index contributed by atoms with van der Waals surface area (Å²) in [6.45, 7) is 6.75. The van der Waals surface area contributed by atoms with Crippen molar-refractivity contribution in [3.8, 4) is 5.75 Å². The fourth-order valence-corrected chi connectivity index (χ4v) is 3.20. The molecule has 2 N–H and O–H groups in total. The molecular weight excluding hydrogens is 286 g/mol. The molecule has 0 heterocycles. The van der Waals surface area contributed by atoms with E-state index in [1.54, 1.807) is 7.11 Å². The Kier molecular flexibility index (Phi) is 7.46. The molecule has 0 aliphatic rings. The van der Waals surface area contributed by atoms with Crippen LogP contribution in [0, 0.1) is 0 Å². The number of nitrogens with zero attached hydrogens (tertiary/aromatic N) is 2. The van der Waals surface area contributed by atoms with Gasteiger partial charge in [0.05, 0.1) is 13.2 Å². The van der Waals surface area contributed by atoms with Crippen LogP contribution in [0.15, 0.2) is 18.2 Å². The summed E-state index contributed by atoms with van der Waals surface area (Å²) in [6, 6.07) is 6.16. The number of halogens is 1. The SMILES string of the molecule is CCN(C(C)CN(C)C)C(CN)c1c(Cl)cccc1OC. The first-order valence-electron chi connectivity index (χ1n) is 7.39. The van der Waals surface area contributed by atoms with Gasteiger partial charge in [0, 0.05) is 29.7 Å². The number of likely N-dealkylation sites (N-methyl/N-ethyl adjacent to an activating group) is 2. The molecule has 0 aromatic heterocycles. The van der Waals surface area contributed by atoms with Gasteiger partial charge < -0.3 is 15.4 Å². The van der Waals surface area contributed by atoms with Gasteiger partial charge in [-0.05, 0) is 39.7 Å². The molecule has 0 saturated heterocycles. The predicted molar refractivity (Wildman–Crippen MR) is 90.2 cm³/mol. The van der Waals surface area contributed by atoms with Crippen LogP contribution in [0.5, 0.6) is 5.75 Å². The average molecular weight is 314 g/mol. The zero-order valence-corrected chi connectivity index (χ0v) is 14.5. The largest absolute Gasteiger partial charge is 0.496 e. The third kappa shape index (κ3) is 4.58. The Morgan fingerprint density at radius 3 is 2.48 bits per heavy atom. The van der Waals surface area contributed by atoms with E-state index in [0.29, 0.717) is 17.6 Å². The highest BCUT2D eigenvalue weighted by atomic mass is 35.5. The van der Waals surface area contributed by atoms with Crippen molar-refractivity contribution in [2.45, 2.75) is 25.9 Å². The molecule has 0 aliphatic heterocycles. The summed E-state index contributed by atoms with van der Waals surface area (Å²) in [5, 5.41) is 0.709. The first kappa shape index (κ1) is 18.2. The van der Waals surface area contributed by atoms with E-state index in [-0.39, 0.29) is 6.04 Å². The minimum absolute atomic E-state index is 0.0496. The molecule has 2 unspecified atom stereocenters. The van der Waals surface area contributed by atoms with Crippen molar-refractivity contribution in [1.29, 1.82) is 0 Å². The van der Waals surface area contributed by atoms with Crippen LogP contribution < -0.4 is 10.5 Å². The van der Waals surface area contributed by atoms with Crippen LogP contribution in [0.3, 0.4) is 0 Å². The molecule has 0 bridgehead atoms. The minimum Gasteiger partial charge on any atom is -0.496 e. The lowest BCUT2D eigenvalue weighted by Crippen LogP contribution is -2.44. The Morgan fingerprint density at radius 2 is 2.00 bits per heavy atom. The van der Waals surface area contributed by atoms with Gasteiger partial charge in [0.1, 0.15) is 5.75 Å². The summed E-state index contributed by atoms with van der Waals surface area (Å²) < 4.78 is 5.49. The highest BCUT2D eigenvalue weighted by molar-refractivity contribution is 6.31. The standard InChI is InChI=1S/C16H28ClN3O/c1-6-20(12(2)11-19(3)4)14(10-18)16-13(17)8-7-9-15(16)21-5/h7-9,12,14H,6,10-11,18H2,1-5H3. The number of rotatable bonds is 8. The molecule has 2 atom stereocenters. The smallest absolute Gasteiger partial charge is 0.125 e. The molecular formula is C16H28ClN3O. The van der Waals surface area contributed by atoms with Crippen molar-refractivity contribution in [3.63, 3.8) is 0 Å². The number of methoxy groups -OCH3 is 1. The molecule has 0 aliphatic carbocycles. The maximum Gasteiger partial charge on any atom is 0.125 e. The molecule has 4 nitrogen and oxygen atoms in total. The molecule has 120 valence electrons. The second-order valence-corrected chi connectivity index (χ2v) is 5.96. The Hall–Kier alpha value is -0.810. The first-order chi connectivity index (χ1) is 9.96. The topological polar surface area (TPSA) is 41.7 Å². The summed E-state index contributed by atoms with van der Waals surface area (Å²) in [5.74, 6) is 0.799. The van der Waals surface area contributed by atoms with Gasteiger partial charge in [0.15, 0.2) is 0 Å². The quantitative estimate of drug-likeness (QED) is 0.801. The van der Waals surface area contributed by atoms with Crippen LogP contribution in [0.25, 0.3) is 0 Å². The molecule has 21 heavy (non-hydrogen) atoms. The number of nitrogens with two attached hydrogens (primary N) is 1. The van der Waals surface area contributed by atoms with E-state index >= 15 is 0 Å². The van der Waals surface area contributed by atoms with E-state index in [1.807, 2.05) is 18.2 Å². The molecule has 0 fully saturated rings. The van der Waals surface area contributed by atoms with Gasteiger partial charge in [-0.2, -0.15) is 0 Å². The maximum atomic E-state index is 6.42. The highest BCUT2D eigenvalue weighted by Gasteiger charge is 2.27. The van der Waals surface area contributed by atoms with Gasteiger partial charge in [0.25, 0.3) is 0 Å². The van der Waals surface area contributed by atoms with Crippen LogP contribution in [0.1, 0.15) is 25.5 Å². The van der Waals surface area contributed by atoms with Gasteiger partial charge in [-0.15, -0.1) is 0 Å². The van der Waals surface area contributed by atoms with Crippen molar-refractivity contribution in [2.75, 3.05) is 40.8 Å². The Balaban J connectivity index is 3.15. The fraction of sp³-hybridized carbons (Fsp3) is 0.625. The van der Waals surface area contributed by atoms with Gasteiger partial charge in [-0.3, -0.25) is 4.90 Å². The Morgan fingerprint density at radius 1 is 1.33 bits per heavy atom. The summed E-state index contributed by atoms with van der Waals surface area (Å²) >= 11 is 6.42. The lowest BCUT2D eigenvalue weighted by molar-refractivity contribution is 0.129. The van der Waals surface area contributed by atoms with E-state index in [9.17, 15) is 0 Å². The second-order valence-electron chi connectivity index (χ2n) is 5.55. The molecule has 5 heteroatoms. The fourth-order valence-electron chi connectivity index (χ4n) is 2.91. The van der Waals surface area contributed by atoms with Gasteiger partial charge in [-0.25, -0.2) is 0 Å². The van der Waals surface area contributed by atoms with E-state index in [4.69, 9.17) is 22.1 Å². The van der Waals surface area contributed by atoms with Gasteiger partial charge >= 0.3 is 0 Å². The number of ether oxygens (including phenoxy) is 1. The molecule has 0 amide bonds. The molecule has 1 aromatic carbocycles. The first-order valence-corrected chi connectivity index (χ1v) is 7.76. The van der Waals surface area contributed by atoms with Crippen molar-refractivity contribution in [1.82, 2.24) is 9.80 Å². The zero-order valence-electron chi connectivity index (χ0n) is 13.8. The van der Waals surface area contributed by atoms with E-state index < -0.39 is 0 Å². The van der Waals surface area contributed by atoms with Crippen LogP contribution >= 0.6 is 11.6 Å². The second kappa shape index (κ2) is 8.59. The lowest BCUT2D eigenvalue weighted by Gasteiger charge is -2.37. The summed E-state index contributed by atoms with van der Waals surface area (Å²) in [5.41, 5.74) is 7.06.